The summed E-state index contributed by atoms with van der Waals surface area (Å²) in [6, 6.07) is 17.1. The zero-order valence-electron chi connectivity index (χ0n) is 18.8. The third kappa shape index (κ3) is 6.13. The van der Waals surface area contributed by atoms with Crippen LogP contribution in [0.3, 0.4) is 0 Å². The summed E-state index contributed by atoms with van der Waals surface area (Å²) in [6.07, 6.45) is 7.91. The molecular formula is C26H35N3OS. The van der Waals surface area contributed by atoms with Crippen molar-refractivity contribution in [1.82, 2.24) is 5.32 Å². The van der Waals surface area contributed by atoms with Gasteiger partial charge in [0.1, 0.15) is 5.75 Å². The largest absolute Gasteiger partial charge is 0.490 e. The second kappa shape index (κ2) is 10.4. The van der Waals surface area contributed by atoms with Gasteiger partial charge in [0, 0.05) is 24.5 Å². The van der Waals surface area contributed by atoms with Gasteiger partial charge in [-0.3, -0.25) is 0 Å². The van der Waals surface area contributed by atoms with E-state index in [-0.39, 0.29) is 6.04 Å². The maximum atomic E-state index is 6.04. The molecule has 5 heteroatoms. The Hall–Kier alpha value is -2.27. The van der Waals surface area contributed by atoms with Crippen LogP contribution in [0, 0.1) is 5.92 Å². The number of nitrogens with zero attached hydrogens (tertiary/aromatic N) is 1. The third-order valence-corrected chi connectivity index (χ3v) is 6.70. The van der Waals surface area contributed by atoms with Gasteiger partial charge in [-0.1, -0.05) is 19.1 Å². The maximum Gasteiger partial charge on any atom is 0.171 e. The summed E-state index contributed by atoms with van der Waals surface area (Å²) >= 11 is 5.54. The van der Waals surface area contributed by atoms with E-state index in [9.17, 15) is 0 Å². The monoisotopic (exact) mass is 437 g/mol. The first-order chi connectivity index (χ1) is 15.1. The first-order valence-electron chi connectivity index (χ1n) is 11.8. The van der Waals surface area contributed by atoms with Gasteiger partial charge in [-0.15, -0.1) is 0 Å². The van der Waals surface area contributed by atoms with Crippen molar-refractivity contribution in [3.63, 3.8) is 0 Å². The molecule has 1 aliphatic heterocycles. The fraction of sp³-hybridized carbons (Fsp3) is 0.500. The van der Waals surface area contributed by atoms with Gasteiger partial charge < -0.3 is 20.3 Å². The fourth-order valence-electron chi connectivity index (χ4n) is 4.66. The molecule has 0 spiro atoms. The lowest BCUT2D eigenvalue weighted by molar-refractivity contribution is 0.210. The predicted octanol–water partition coefficient (Wildman–Crippen LogP) is 6.29. The van der Waals surface area contributed by atoms with Crippen molar-refractivity contribution in [2.75, 3.05) is 23.3 Å². The summed E-state index contributed by atoms with van der Waals surface area (Å²) in [7, 11) is 0. The molecule has 0 amide bonds. The first kappa shape index (κ1) is 21.9. The van der Waals surface area contributed by atoms with Crippen LogP contribution in [0.4, 0.5) is 11.4 Å². The fourth-order valence-corrected chi connectivity index (χ4v) is 4.96. The Kier molecular flexibility index (Phi) is 7.33. The molecule has 4 rings (SSSR count). The van der Waals surface area contributed by atoms with E-state index >= 15 is 0 Å². The molecule has 2 fully saturated rings. The van der Waals surface area contributed by atoms with Crippen molar-refractivity contribution in [2.24, 2.45) is 5.92 Å². The molecule has 0 unspecified atom stereocenters. The number of nitrogens with one attached hydrogen (secondary N) is 2. The van der Waals surface area contributed by atoms with Crippen LogP contribution in [-0.4, -0.2) is 24.3 Å². The Morgan fingerprint density at radius 3 is 2.39 bits per heavy atom. The average Bonchev–Trinajstić information content (AvgIpc) is 3.28. The minimum atomic E-state index is 0.138. The summed E-state index contributed by atoms with van der Waals surface area (Å²) in [4.78, 5) is 2.50. The molecule has 2 N–H and O–H groups in total. The molecule has 2 aliphatic rings. The lowest BCUT2D eigenvalue weighted by Gasteiger charge is -2.33. The molecule has 2 aromatic carbocycles. The van der Waals surface area contributed by atoms with Crippen molar-refractivity contribution >= 4 is 28.7 Å². The van der Waals surface area contributed by atoms with Crippen LogP contribution in [0.1, 0.15) is 64.0 Å². The van der Waals surface area contributed by atoms with Gasteiger partial charge in [0.05, 0.1) is 12.1 Å². The van der Waals surface area contributed by atoms with Crippen LogP contribution >= 0.6 is 12.2 Å². The molecule has 1 saturated carbocycles. The van der Waals surface area contributed by atoms with Crippen molar-refractivity contribution in [3.8, 4) is 5.75 Å². The van der Waals surface area contributed by atoms with Crippen LogP contribution < -0.4 is 20.3 Å². The third-order valence-electron chi connectivity index (χ3n) is 6.48. The van der Waals surface area contributed by atoms with Crippen molar-refractivity contribution in [2.45, 2.75) is 64.5 Å². The van der Waals surface area contributed by atoms with Gasteiger partial charge in [-0.25, -0.2) is 0 Å². The number of hydrogen-bond acceptors (Lipinski definition) is 3. The molecule has 2 aromatic rings. The molecular weight excluding hydrogens is 402 g/mol. The van der Waals surface area contributed by atoms with Crippen molar-refractivity contribution < 1.29 is 4.74 Å². The van der Waals surface area contributed by atoms with Gasteiger partial charge in [0.25, 0.3) is 0 Å². The van der Waals surface area contributed by atoms with E-state index in [1.165, 1.54) is 49.8 Å². The maximum absolute atomic E-state index is 6.04. The normalized spacial score (nSPS) is 20.3. The van der Waals surface area contributed by atoms with Crippen LogP contribution in [0.15, 0.2) is 48.5 Å². The van der Waals surface area contributed by atoms with E-state index in [2.05, 4.69) is 53.6 Å². The Bertz CT molecular complexity index is 846. The number of hydrogen-bond donors (Lipinski definition) is 2. The van der Waals surface area contributed by atoms with E-state index in [1.807, 2.05) is 24.3 Å². The molecule has 4 nitrogen and oxygen atoms in total. The quantitative estimate of drug-likeness (QED) is 0.519. The van der Waals surface area contributed by atoms with Gasteiger partial charge >= 0.3 is 0 Å². The predicted molar refractivity (Wildman–Crippen MR) is 134 cm³/mol. The lowest BCUT2D eigenvalue weighted by Crippen LogP contribution is -2.34. The first-order valence-corrected chi connectivity index (χ1v) is 12.2. The molecule has 31 heavy (non-hydrogen) atoms. The second-order valence-electron chi connectivity index (χ2n) is 9.15. The summed E-state index contributed by atoms with van der Waals surface area (Å²) in [5, 5.41) is 7.32. The zero-order valence-corrected chi connectivity index (χ0v) is 19.6. The minimum Gasteiger partial charge on any atom is -0.490 e. The minimum absolute atomic E-state index is 0.138. The van der Waals surface area contributed by atoms with Crippen molar-refractivity contribution in [3.05, 3.63) is 54.1 Å². The summed E-state index contributed by atoms with van der Waals surface area (Å²) < 4.78 is 6.04. The van der Waals surface area contributed by atoms with Crippen LogP contribution in [-0.2, 0) is 0 Å². The number of benzene rings is 2. The highest BCUT2D eigenvalue weighted by molar-refractivity contribution is 7.80. The Balaban J connectivity index is 1.27. The highest BCUT2D eigenvalue weighted by Crippen LogP contribution is 2.26. The summed E-state index contributed by atoms with van der Waals surface area (Å²) in [5.74, 6) is 1.72. The lowest BCUT2D eigenvalue weighted by atomic mass is 9.99. The van der Waals surface area contributed by atoms with E-state index < -0.39 is 0 Å². The van der Waals surface area contributed by atoms with Crippen LogP contribution in [0.5, 0.6) is 5.75 Å². The second-order valence-corrected chi connectivity index (χ2v) is 9.56. The average molecular weight is 438 g/mol. The molecule has 1 heterocycles. The molecule has 0 aromatic heterocycles. The number of rotatable bonds is 6. The number of piperidine rings is 1. The Morgan fingerprint density at radius 1 is 1.00 bits per heavy atom. The molecule has 0 bridgehead atoms. The van der Waals surface area contributed by atoms with E-state index in [0.29, 0.717) is 11.2 Å². The molecule has 0 radical (unpaired) electrons. The van der Waals surface area contributed by atoms with Crippen molar-refractivity contribution in [1.29, 1.82) is 0 Å². The molecule has 2 atom stereocenters. The number of anilines is 2. The summed E-state index contributed by atoms with van der Waals surface area (Å²) in [6.45, 7) is 6.81. The molecule has 1 aliphatic carbocycles. The standard InChI is InChI=1S/C26H35N3OS/c1-19-6-5-17-29(18-19)23-13-9-21(10-14-23)20(2)27-26(31)28-22-11-15-25(16-12-22)30-24-7-3-4-8-24/h9-16,19-20,24H,3-8,17-18H2,1-2H3,(H2,27,28,31)/t19-,20+/m0/s1. The topological polar surface area (TPSA) is 36.5 Å². The van der Waals surface area contributed by atoms with Gasteiger partial charge in [0.2, 0.25) is 0 Å². The van der Waals surface area contributed by atoms with Gasteiger partial charge in [-0.05, 0) is 106 Å². The van der Waals surface area contributed by atoms with E-state index in [4.69, 9.17) is 17.0 Å². The zero-order chi connectivity index (χ0) is 21.6. The van der Waals surface area contributed by atoms with Gasteiger partial charge in [-0.2, -0.15) is 0 Å². The Labute approximate surface area is 192 Å². The number of thiocarbonyl (C=S) groups is 1. The molecule has 166 valence electrons. The SMILES string of the molecule is C[C@H]1CCCN(c2ccc([C@@H](C)NC(=S)Nc3ccc(OC4CCCC4)cc3)cc2)C1. The highest BCUT2D eigenvalue weighted by atomic mass is 32.1. The number of ether oxygens (including phenoxy) is 1. The van der Waals surface area contributed by atoms with Gasteiger partial charge in [0.15, 0.2) is 5.11 Å². The van der Waals surface area contributed by atoms with Crippen LogP contribution in [0.25, 0.3) is 0 Å². The smallest absolute Gasteiger partial charge is 0.171 e. The summed E-state index contributed by atoms with van der Waals surface area (Å²) in [5.41, 5.74) is 3.53. The van der Waals surface area contributed by atoms with Crippen LogP contribution in [0.2, 0.25) is 0 Å². The van der Waals surface area contributed by atoms with E-state index in [0.717, 1.165) is 30.4 Å². The molecule has 1 saturated heterocycles. The highest BCUT2D eigenvalue weighted by Gasteiger charge is 2.18. The Morgan fingerprint density at radius 2 is 1.71 bits per heavy atom. The van der Waals surface area contributed by atoms with E-state index in [1.54, 1.807) is 0 Å².